The maximum atomic E-state index is 12.1. The maximum absolute atomic E-state index is 12.1. The number of carbonyl (C=O) groups excluding carboxylic acids is 2. The van der Waals surface area contributed by atoms with E-state index in [1.807, 2.05) is 30.5 Å². The van der Waals surface area contributed by atoms with Crippen molar-refractivity contribution in [1.82, 2.24) is 10.3 Å². The lowest BCUT2D eigenvalue weighted by Crippen LogP contribution is -2.45. The lowest BCUT2D eigenvalue weighted by molar-refractivity contribution is -0.148. The number of carbonyl (C=O) groups is 2. The first-order valence-electron chi connectivity index (χ1n) is 9.54. The molecular formula is C21H28N2O3. The topological polar surface area (TPSA) is 71.2 Å². The average molecular weight is 356 g/mol. The molecule has 5 heteroatoms. The average Bonchev–Trinajstić information content (AvgIpc) is 3.05. The van der Waals surface area contributed by atoms with Gasteiger partial charge in [0.1, 0.15) is 0 Å². The Labute approximate surface area is 154 Å². The third kappa shape index (κ3) is 4.45. The lowest BCUT2D eigenvalue weighted by atomic mass is 9.78. The van der Waals surface area contributed by atoms with Gasteiger partial charge >= 0.3 is 5.97 Å². The van der Waals surface area contributed by atoms with Crippen LogP contribution in [0.3, 0.4) is 0 Å². The smallest absolute Gasteiger partial charge is 0.306 e. The van der Waals surface area contributed by atoms with Gasteiger partial charge in [0, 0.05) is 29.6 Å². The molecular weight excluding hydrogens is 328 g/mol. The van der Waals surface area contributed by atoms with Gasteiger partial charge < -0.3 is 15.0 Å². The molecule has 140 valence electrons. The molecule has 1 heterocycles. The van der Waals surface area contributed by atoms with Crippen molar-refractivity contribution in [2.75, 3.05) is 6.61 Å². The minimum atomic E-state index is -0.338. The van der Waals surface area contributed by atoms with Gasteiger partial charge in [-0.1, -0.05) is 44.9 Å². The summed E-state index contributed by atoms with van der Waals surface area (Å²) in [5.74, 6) is 0.546. The zero-order valence-electron chi connectivity index (χ0n) is 15.6. The highest BCUT2D eigenvalue weighted by Gasteiger charge is 2.28. The third-order valence-electron chi connectivity index (χ3n) is 5.69. The Balaban J connectivity index is 1.41. The second kappa shape index (κ2) is 8.39. The van der Waals surface area contributed by atoms with Crippen molar-refractivity contribution in [3.8, 4) is 0 Å². The third-order valence-corrected chi connectivity index (χ3v) is 5.69. The fourth-order valence-corrected chi connectivity index (χ4v) is 3.83. The molecule has 1 fully saturated rings. The molecule has 1 aliphatic carbocycles. The second-order valence-corrected chi connectivity index (χ2v) is 7.46. The van der Waals surface area contributed by atoms with E-state index in [1.165, 1.54) is 6.42 Å². The van der Waals surface area contributed by atoms with Gasteiger partial charge in [-0.25, -0.2) is 0 Å². The Morgan fingerprint density at radius 2 is 2.04 bits per heavy atom. The summed E-state index contributed by atoms with van der Waals surface area (Å²) in [7, 11) is 0. The molecule has 1 amide bonds. The van der Waals surface area contributed by atoms with Crippen LogP contribution in [-0.4, -0.2) is 29.5 Å². The second-order valence-electron chi connectivity index (χ2n) is 7.46. The highest BCUT2D eigenvalue weighted by molar-refractivity contribution is 5.84. The lowest BCUT2D eigenvalue weighted by Gasteiger charge is -2.34. The van der Waals surface area contributed by atoms with Crippen LogP contribution in [0.2, 0.25) is 0 Å². The van der Waals surface area contributed by atoms with Crippen molar-refractivity contribution < 1.29 is 14.3 Å². The number of fused-ring (bicyclic) bond motifs is 1. The fraction of sp³-hybridized carbons (Fsp3) is 0.524. The molecule has 2 aromatic rings. The summed E-state index contributed by atoms with van der Waals surface area (Å²) < 4.78 is 5.16. The number of ether oxygens (including phenoxy) is 1. The fourth-order valence-electron chi connectivity index (χ4n) is 3.83. The van der Waals surface area contributed by atoms with E-state index < -0.39 is 0 Å². The van der Waals surface area contributed by atoms with Crippen molar-refractivity contribution in [1.29, 1.82) is 0 Å². The van der Waals surface area contributed by atoms with Crippen molar-refractivity contribution in [3.05, 3.63) is 36.0 Å². The maximum Gasteiger partial charge on any atom is 0.306 e. The molecule has 5 nitrogen and oxygen atoms in total. The van der Waals surface area contributed by atoms with Gasteiger partial charge in [-0.05, 0) is 36.3 Å². The number of aromatic nitrogens is 1. The summed E-state index contributed by atoms with van der Waals surface area (Å²) in [5.41, 5.74) is 2.15. The van der Waals surface area contributed by atoms with Gasteiger partial charge in [0.2, 0.25) is 0 Å². The molecule has 1 saturated carbocycles. The molecule has 1 aliphatic rings. The number of H-pyrrole nitrogens is 1. The van der Waals surface area contributed by atoms with Crippen LogP contribution >= 0.6 is 0 Å². The number of amides is 1. The van der Waals surface area contributed by atoms with Crippen LogP contribution in [0.25, 0.3) is 10.9 Å². The number of esters is 1. The SMILES string of the molecule is CC1CCCC(NC(=O)COC(=O)CCc2c[nH]c3ccccc23)C1C. The molecule has 0 spiro atoms. The first-order valence-corrected chi connectivity index (χ1v) is 9.54. The van der Waals surface area contributed by atoms with E-state index in [1.54, 1.807) is 0 Å². The molecule has 2 N–H and O–H groups in total. The quantitative estimate of drug-likeness (QED) is 0.777. The van der Waals surface area contributed by atoms with Crippen LogP contribution in [0.5, 0.6) is 0 Å². The highest BCUT2D eigenvalue weighted by Crippen LogP contribution is 2.29. The van der Waals surface area contributed by atoms with Crippen LogP contribution in [0.4, 0.5) is 0 Å². The van der Waals surface area contributed by atoms with Crippen LogP contribution < -0.4 is 5.32 Å². The Morgan fingerprint density at radius 3 is 2.88 bits per heavy atom. The Bertz CT molecular complexity index is 767. The summed E-state index contributed by atoms with van der Waals surface area (Å²) in [6.45, 7) is 4.22. The van der Waals surface area contributed by atoms with Crippen LogP contribution in [0.15, 0.2) is 30.5 Å². The number of aryl methyl sites for hydroxylation is 1. The normalized spacial score (nSPS) is 22.9. The zero-order chi connectivity index (χ0) is 18.5. The number of rotatable bonds is 6. The number of hydrogen-bond acceptors (Lipinski definition) is 3. The van der Waals surface area contributed by atoms with E-state index >= 15 is 0 Å². The van der Waals surface area contributed by atoms with E-state index in [0.717, 1.165) is 29.3 Å². The standard InChI is InChI=1S/C21H28N2O3/c1-14-6-5-9-18(15(14)2)23-20(24)13-26-21(25)11-10-16-12-22-19-8-4-3-7-17(16)19/h3-4,7-8,12,14-15,18,22H,5-6,9-11,13H2,1-2H3,(H,23,24). The number of hydrogen-bond donors (Lipinski definition) is 2. The van der Waals surface area contributed by atoms with Crippen molar-refractivity contribution in [2.45, 2.75) is 52.0 Å². The molecule has 0 bridgehead atoms. The zero-order valence-corrected chi connectivity index (χ0v) is 15.6. The van der Waals surface area contributed by atoms with E-state index in [-0.39, 0.29) is 30.9 Å². The summed E-state index contributed by atoms with van der Waals surface area (Å²) in [5, 5.41) is 4.15. The summed E-state index contributed by atoms with van der Waals surface area (Å²) in [6, 6.07) is 8.19. The summed E-state index contributed by atoms with van der Waals surface area (Å²) in [4.78, 5) is 27.3. The van der Waals surface area contributed by atoms with Crippen molar-refractivity contribution >= 4 is 22.8 Å². The van der Waals surface area contributed by atoms with Crippen LogP contribution in [-0.2, 0) is 20.7 Å². The molecule has 0 saturated heterocycles. The summed E-state index contributed by atoms with van der Waals surface area (Å²) >= 11 is 0. The predicted octanol–water partition coefficient (Wildman–Crippen LogP) is 3.58. The number of para-hydroxylation sites is 1. The first kappa shape index (κ1) is 18.5. The minimum Gasteiger partial charge on any atom is -0.456 e. The van der Waals surface area contributed by atoms with E-state index in [2.05, 4.69) is 24.1 Å². The first-order chi connectivity index (χ1) is 12.5. The molecule has 0 aliphatic heterocycles. The van der Waals surface area contributed by atoms with E-state index in [0.29, 0.717) is 18.3 Å². The molecule has 0 radical (unpaired) electrons. The predicted molar refractivity (Wildman–Crippen MR) is 102 cm³/mol. The van der Waals surface area contributed by atoms with Gasteiger partial charge in [0.05, 0.1) is 0 Å². The molecule has 1 aromatic carbocycles. The van der Waals surface area contributed by atoms with Gasteiger partial charge in [-0.2, -0.15) is 0 Å². The minimum absolute atomic E-state index is 0.190. The van der Waals surface area contributed by atoms with Gasteiger partial charge in [-0.15, -0.1) is 0 Å². The molecule has 1 aromatic heterocycles. The van der Waals surface area contributed by atoms with Crippen molar-refractivity contribution in [3.63, 3.8) is 0 Å². The monoisotopic (exact) mass is 356 g/mol. The largest absolute Gasteiger partial charge is 0.456 e. The van der Waals surface area contributed by atoms with E-state index in [9.17, 15) is 9.59 Å². The molecule has 26 heavy (non-hydrogen) atoms. The molecule has 3 atom stereocenters. The highest BCUT2D eigenvalue weighted by atomic mass is 16.5. The van der Waals surface area contributed by atoms with E-state index in [4.69, 9.17) is 4.74 Å². The molecule has 3 unspecified atom stereocenters. The number of benzene rings is 1. The Kier molecular flexibility index (Phi) is 5.96. The van der Waals surface area contributed by atoms with Crippen molar-refractivity contribution in [2.24, 2.45) is 11.8 Å². The number of aromatic amines is 1. The van der Waals surface area contributed by atoms with Gasteiger partial charge in [0.25, 0.3) is 5.91 Å². The van der Waals surface area contributed by atoms with Crippen LogP contribution in [0, 0.1) is 11.8 Å². The Hall–Kier alpha value is -2.30. The van der Waals surface area contributed by atoms with Gasteiger partial charge in [0.15, 0.2) is 6.61 Å². The van der Waals surface area contributed by atoms with Gasteiger partial charge in [-0.3, -0.25) is 9.59 Å². The molecule has 3 rings (SSSR count). The summed E-state index contributed by atoms with van der Waals surface area (Å²) in [6.07, 6.45) is 6.16. The number of nitrogens with one attached hydrogen (secondary N) is 2. The Morgan fingerprint density at radius 1 is 1.23 bits per heavy atom. The van der Waals surface area contributed by atoms with Crippen LogP contribution in [0.1, 0.15) is 45.1 Å².